The average Bonchev–Trinajstić information content (AvgIpc) is 0.980. The van der Waals surface area contributed by atoms with E-state index in [0.29, 0.717) is 6.42 Å². The summed E-state index contributed by atoms with van der Waals surface area (Å²) in [5.41, 5.74) is 27.0. The number of aliphatic carboxylic acids is 2. The van der Waals surface area contributed by atoms with E-state index in [2.05, 4.69) is 81.4 Å². The number of nitrogens with one attached hydrogen (secondary N) is 12. The number of hydrogen-bond donors (Lipinski definition) is 22. The van der Waals surface area contributed by atoms with Gasteiger partial charge in [-0.25, -0.2) is 0 Å². The fourth-order valence-electron chi connectivity index (χ4n) is 8.17. The van der Waals surface area contributed by atoms with E-state index < -0.39 is 237 Å². The number of amides is 14. The van der Waals surface area contributed by atoms with Gasteiger partial charge in [-0.1, -0.05) is 54.4 Å². The molecular weight excluding hydrogens is 1250 g/mol. The van der Waals surface area contributed by atoms with Crippen molar-refractivity contribution in [2.75, 3.05) is 32.0 Å². The fourth-order valence-corrected chi connectivity index (χ4v) is 8.44. The number of primary amides is 2. The van der Waals surface area contributed by atoms with Crippen LogP contribution in [0, 0.1) is 17.8 Å². The molecule has 526 valence electrons. The third-order valence-electron chi connectivity index (χ3n) is 14.1. The summed E-state index contributed by atoms with van der Waals surface area (Å²) in [5, 5.41) is 67.3. The minimum atomic E-state index is -1.85. The van der Waals surface area contributed by atoms with Crippen LogP contribution in [0.2, 0.25) is 0 Å². The van der Waals surface area contributed by atoms with Gasteiger partial charge in [-0.3, -0.25) is 81.7 Å². The van der Waals surface area contributed by atoms with Gasteiger partial charge in [-0.15, -0.1) is 0 Å². The number of carbonyl (C=O) groups excluding carboxylic acids is 14. The van der Waals surface area contributed by atoms with Crippen LogP contribution in [0.25, 0.3) is 0 Å². The Kier molecular flexibility index (Phi) is 38.8. The van der Waals surface area contributed by atoms with Crippen molar-refractivity contribution in [3.8, 4) is 0 Å². The van der Waals surface area contributed by atoms with Crippen LogP contribution < -0.4 is 92.5 Å². The van der Waals surface area contributed by atoms with Crippen LogP contribution in [0.3, 0.4) is 0 Å². The molecule has 0 unspecified atom stereocenters. The molecule has 0 spiro atoms. The van der Waals surface area contributed by atoms with Crippen molar-refractivity contribution in [3.63, 3.8) is 0 Å². The normalized spacial score (nSPS) is 15.5. The number of hydrogen-bond acceptors (Lipinski definition) is 21. The summed E-state index contributed by atoms with van der Waals surface area (Å²) < 4.78 is 0. The summed E-state index contributed by atoms with van der Waals surface area (Å²) >= 11 is 4.02. The van der Waals surface area contributed by atoms with Crippen molar-refractivity contribution >= 4 is 113 Å². The molecule has 14 amide bonds. The van der Waals surface area contributed by atoms with Gasteiger partial charge in [0.15, 0.2) is 5.96 Å². The molecule has 39 heteroatoms. The van der Waals surface area contributed by atoms with Crippen LogP contribution in [0.15, 0.2) is 4.99 Å². The van der Waals surface area contributed by atoms with E-state index in [9.17, 15) is 97.1 Å². The second kappa shape index (κ2) is 43.0. The Morgan fingerprint density at radius 2 is 0.871 bits per heavy atom. The summed E-state index contributed by atoms with van der Waals surface area (Å²) in [7, 11) is 0. The van der Waals surface area contributed by atoms with Gasteiger partial charge in [0, 0.05) is 25.1 Å². The van der Waals surface area contributed by atoms with E-state index in [4.69, 9.17) is 28.7 Å². The molecule has 0 heterocycles. The van der Waals surface area contributed by atoms with Crippen LogP contribution in [0.5, 0.6) is 0 Å². The molecule has 0 rings (SSSR count). The Morgan fingerprint density at radius 1 is 0.473 bits per heavy atom. The minimum absolute atomic E-state index is 0.0276. The van der Waals surface area contributed by atoms with E-state index in [1.54, 1.807) is 41.5 Å². The third kappa shape index (κ3) is 32.2. The lowest BCUT2D eigenvalue weighted by atomic mass is 9.96. The molecule has 0 aromatic carbocycles. The van der Waals surface area contributed by atoms with Crippen molar-refractivity contribution in [1.82, 2.24) is 63.8 Å². The summed E-state index contributed by atoms with van der Waals surface area (Å²) in [6.07, 6.45) is -4.50. The lowest BCUT2D eigenvalue weighted by molar-refractivity contribution is -0.139. The number of carboxylic acid groups (broad SMARTS) is 2. The molecule has 93 heavy (non-hydrogen) atoms. The number of rotatable bonds is 45. The maximum absolute atomic E-state index is 13.6. The maximum atomic E-state index is 13.6. The number of carboxylic acids is 2. The molecule has 0 aliphatic carbocycles. The number of thiol groups is 1. The predicted molar refractivity (Wildman–Crippen MR) is 332 cm³/mol. The zero-order valence-electron chi connectivity index (χ0n) is 53.2. The van der Waals surface area contributed by atoms with Gasteiger partial charge in [-0.2, -0.15) is 12.6 Å². The Hall–Kier alpha value is -8.98. The average molecular weight is 1350 g/mol. The van der Waals surface area contributed by atoms with E-state index in [0.717, 1.165) is 13.8 Å². The SMILES string of the molecule is CC[C@H](C)[C@H](NC(=O)[C@@H](NC(=O)[C@H](CO)NC(=O)CNC(=O)[C@H](CCCN=C(N)N)NC(=O)[C@H](C)NC(=O)[C@H](CCC(=O)O)NC(=O)CNC(=O)[C@H](CCC(=O)O)NC(=O)[C@@H](NC(=O)[C@@H](NC(=O)[C@@H](N)CC(N)=O)[C@@H](C)CC)[C@@H](C)O)C(C)C)C(=O)N[C@@H](CS)C(N)=O. The second-order valence-corrected chi connectivity index (χ2v) is 22.5. The molecule has 0 aromatic heterocycles. The van der Waals surface area contributed by atoms with Gasteiger partial charge in [0.05, 0.1) is 38.3 Å². The van der Waals surface area contributed by atoms with E-state index in [1.165, 1.54) is 0 Å². The van der Waals surface area contributed by atoms with Gasteiger partial charge >= 0.3 is 11.9 Å². The largest absolute Gasteiger partial charge is 0.481 e. The molecule has 0 aromatic rings. The molecule has 0 fully saturated rings. The summed E-state index contributed by atoms with van der Waals surface area (Å²) in [6, 6.07) is -16.7. The number of aliphatic hydroxyl groups is 2. The smallest absolute Gasteiger partial charge is 0.303 e. The molecule has 14 atom stereocenters. The molecule has 0 aliphatic heterocycles. The van der Waals surface area contributed by atoms with Crippen molar-refractivity contribution < 1.29 is 97.1 Å². The van der Waals surface area contributed by atoms with Gasteiger partial charge in [0.2, 0.25) is 82.7 Å². The molecular formula is C54H94N18O20S. The van der Waals surface area contributed by atoms with Crippen LogP contribution in [0.1, 0.15) is 113 Å². The Bertz CT molecular complexity index is 2670. The molecule has 0 saturated carbocycles. The standard InChI is InChI=1S/C54H94N18O20S/c1-9-24(5)40(51(90)68-33(22-93)43(57)82)71-50(89)39(23(3)4)69-49(88)32(21-73)65-36(77)20-61-46(85)29(12-11-17-60-54(58)59)66-44(83)26(7)63-48(87)31(14-16-38(80)81)64-35(76)19-62-47(86)30(13-15-37(78)79)67-53(92)42(27(8)74)72-52(91)41(25(6)10-2)70-45(84)28(55)18-34(56)75/h23-33,39-42,73-74,93H,9-22,55H2,1-8H3,(H2,56,75)(H2,57,82)(H,61,85)(H,62,86)(H,63,87)(H,64,76)(H,65,77)(H,66,83)(H,67,92)(H,68,90)(H,69,88)(H,70,84)(H,71,89)(H,72,91)(H,78,79)(H,80,81)(H4,58,59,60)/t24-,25-,26-,27+,28-,29-,30-,31-,32-,33-,39-,40-,41-,42-/m0/s1. The number of nitrogens with zero attached hydrogens (tertiary/aromatic N) is 1. The van der Waals surface area contributed by atoms with E-state index >= 15 is 0 Å². The Morgan fingerprint density at radius 3 is 1.30 bits per heavy atom. The zero-order valence-corrected chi connectivity index (χ0v) is 54.1. The lowest BCUT2D eigenvalue weighted by Crippen LogP contribution is -2.61. The predicted octanol–water partition coefficient (Wildman–Crippen LogP) is -9.39. The highest BCUT2D eigenvalue weighted by molar-refractivity contribution is 7.80. The number of nitrogens with two attached hydrogens (primary N) is 5. The Balaban J connectivity index is 6.28. The van der Waals surface area contributed by atoms with Gasteiger partial charge in [0.1, 0.15) is 60.4 Å². The van der Waals surface area contributed by atoms with Crippen LogP contribution in [0.4, 0.5) is 0 Å². The van der Waals surface area contributed by atoms with E-state index in [-0.39, 0.29) is 37.5 Å². The molecule has 0 saturated heterocycles. The monoisotopic (exact) mass is 1350 g/mol. The van der Waals surface area contributed by atoms with E-state index in [1.807, 2.05) is 0 Å². The van der Waals surface area contributed by atoms with Crippen molar-refractivity contribution in [2.45, 2.75) is 186 Å². The number of aliphatic hydroxyl groups excluding tert-OH is 2. The third-order valence-corrected chi connectivity index (χ3v) is 14.5. The summed E-state index contributed by atoms with van der Waals surface area (Å²) in [4.78, 5) is 211. The second-order valence-electron chi connectivity index (χ2n) is 22.1. The van der Waals surface area contributed by atoms with Gasteiger partial charge in [-0.05, 0) is 57.3 Å². The highest BCUT2D eigenvalue weighted by atomic mass is 32.1. The van der Waals surface area contributed by atoms with Crippen molar-refractivity contribution in [2.24, 2.45) is 51.4 Å². The fraction of sp³-hybridized carbons (Fsp3) is 0.685. The first-order valence-corrected chi connectivity index (χ1v) is 30.3. The maximum Gasteiger partial charge on any atom is 0.303 e. The first-order valence-electron chi connectivity index (χ1n) is 29.6. The van der Waals surface area contributed by atoms with Gasteiger partial charge in [0.25, 0.3) is 0 Å². The van der Waals surface area contributed by atoms with Crippen LogP contribution >= 0.6 is 12.6 Å². The Labute approximate surface area is 541 Å². The minimum Gasteiger partial charge on any atom is -0.481 e. The van der Waals surface area contributed by atoms with Crippen molar-refractivity contribution in [3.05, 3.63) is 0 Å². The van der Waals surface area contributed by atoms with Crippen LogP contribution in [-0.4, -0.2) is 226 Å². The first kappa shape index (κ1) is 84.0. The number of guanidine groups is 1. The zero-order chi connectivity index (χ0) is 71.6. The lowest BCUT2D eigenvalue weighted by Gasteiger charge is -2.29. The van der Waals surface area contributed by atoms with Gasteiger partial charge < -0.3 is 113 Å². The van der Waals surface area contributed by atoms with Crippen molar-refractivity contribution in [1.29, 1.82) is 0 Å². The first-order chi connectivity index (χ1) is 43.3. The molecule has 0 radical (unpaired) electrons. The molecule has 0 bridgehead atoms. The summed E-state index contributed by atoms with van der Waals surface area (Å²) in [5.74, 6) is -19.3. The quantitative estimate of drug-likeness (QED) is 0.0117. The molecule has 38 nitrogen and oxygen atoms in total. The topological polar surface area (TPSA) is 641 Å². The number of aliphatic imine (C=N–C) groups is 1. The number of carbonyl (C=O) groups is 16. The highest BCUT2D eigenvalue weighted by Crippen LogP contribution is 2.13. The molecule has 26 N–H and O–H groups in total. The summed E-state index contributed by atoms with van der Waals surface area (Å²) in [6.45, 7) is 8.99. The molecule has 0 aliphatic rings. The highest BCUT2D eigenvalue weighted by Gasteiger charge is 2.38. The van der Waals surface area contributed by atoms with Crippen LogP contribution in [-0.2, 0) is 76.7 Å².